The Kier molecular flexibility index (Phi) is 7.68. The van der Waals surface area contributed by atoms with Gasteiger partial charge in [0, 0.05) is 55.6 Å². The van der Waals surface area contributed by atoms with Crippen molar-refractivity contribution in [3.8, 4) is 0 Å². The topological polar surface area (TPSA) is 57.7 Å². The second-order valence-corrected chi connectivity index (χ2v) is 13.6. The van der Waals surface area contributed by atoms with Gasteiger partial charge < -0.3 is 15.0 Å². The Balaban J connectivity index is 1.08. The van der Waals surface area contributed by atoms with Crippen LogP contribution in [0.3, 0.4) is 0 Å². The van der Waals surface area contributed by atoms with E-state index in [9.17, 15) is 4.79 Å². The number of rotatable bonds is 7. The number of carbonyl (C=O) groups is 1. The lowest BCUT2D eigenvalue weighted by Crippen LogP contribution is -2.51. The zero-order valence-electron chi connectivity index (χ0n) is 25.0. The van der Waals surface area contributed by atoms with Crippen molar-refractivity contribution in [2.24, 2.45) is 0 Å². The molecule has 3 fully saturated rings. The third kappa shape index (κ3) is 5.14. The maximum Gasteiger partial charge on any atom is 0.239 e. The summed E-state index contributed by atoms with van der Waals surface area (Å²) in [4.78, 5) is 22.9. The van der Waals surface area contributed by atoms with Gasteiger partial charge in [0.25, 0.3) is 0 Å². The van der Waals surface area contributed by atoms with E-state index in [0.29, 0.717) is 18.0 Å². The van der Waals surface area contributed by atoms with Crippen LogP contribution in [0.1, 0.15) is 112 Å². The van der Waals surface area contributed by atoms with Gasteiger partial charge in [-0.3, -0.25) is 14.7 Å². The summed E-state index contributed by atoms with van der Waals surface area (Å²) < 4.78 is 6.49. The lowest BCUT2D eigenvalue weighted by molar-refractivity contribution is -0.136. The molecule has 2 saturated heterocycles. The van der Waals surface area contributed by atoms with Crippen LogP contribution in [0.15, 0.2) is 42.6 Å². The molecule has 2 aromatic rings. The first kappa shape index (κ1) is 27.5. The number of hydrogen-bond acceptors (Lipinski definition) is 5. The number of amides is 1. The Bertz CT molecular complexity index is 1220. The standard InChI is InChI=1S/C35H48N4O2/c1-26(33(40)38-21-6-7-22-38)39-23-14-27-9-8-10-28-29(12-13-30(39)32(27)28)36-20-17-34(31-11-2-5-19-37-31)18-24-41-35(25-34)15-3-4-16-35/h2,5,8-11,19,26,29-30,36H,3-4,6-7,12-18,20-25H2,1H3/t26?,29?,30?,34-/m1/s1. The van der Waals surface area contributed by atoms with E-state index >= 15 is 0 Å². The fourth-order valence-electron chi connectivity index (χ4n) is 9.22. The molecular formula is C35H48N4O2. The van der Waals surface area contributed by atoms with Crippen LogP contribution in [-0.2, 0) is 21.4 Å². The lowest BCUT2D eigenvalue weighted by Gasteiger charge is -2.47. The van der Waals surface area contributed by atoms with Gasteiger partial charge in [0.1, 0.15) is 0 Å². The molecular weight excluding hydrogens is 508 g/mol. The van der Waals surface area contributed by atoms with E-state index in [1.165, 1.54) is 48.1 Å². The van der Waals surface area contributed by atoms with Crippen LogP contribution in [0.25, 0.3) is 0 Å². The molecule has 6 heteroatoms. The summed E-state index contributed by atoms with van der Waals surface area (Å²) in [5.74, 6) is 0.333. The van der Waals surface area contributed by atoms with Gasteiger partial charge in [-0.15, -0.1) is 0 Å². The molecule has 0 bridgehead atoms. The summed E-state index contributed by atoms with van der Waals surface area (Å²) in [6, 6.07) is 14.1. The molecule has 1 spiro atoms. The Morgan fingerprint density at radius 2 is 1.90 bits per heavy atom. The van der Waals surface area contributed by atoms with E-state index in [1.54, 1.807) is 0 Å². The van der Waals surface area contributed by atoms with Crippen molar-refractivity contribution in [3.63, 3.8) is 0 Å². The minimum atomic E-state index is -0.0431. The highest BCUT2D eigenvalue weighted by Gasteiger charge is 2.48. The Hall–Kier alpha value is -2.28. The molecule has 1 aromatic heterocycles. The molecule has 7 rings (SSSR count). The van der Waals surface area contributed by atoms with E-state index in [0.717, 1.165) is 84.2 Å². The van der Waals surface area contributed by atoms with Crippen LogP contribution in [0.4, 0.5) is 0 Å². The summed E-state index contributed by atoms with van der Waals surface area (Å²) in [6.45, 7) is 6.83. The third-order valence-corrected chi connectivity index (χ3v) is 11.3. The molecule has 3 unspecified atom stereocenters. The predicted octanol–water partition coefficient (Wildman–Crippen LogP) is 5.87. The Labute approximate surface area is 246 Å². The molecule has 1 amide bonds. The maximum atomic E-state index is 13.4. The van der Waals surface area contributed by atoms with Gasteiger partial charge in [0.15, 0.2) is 0 Å². The molecule has 0 radical (unpaired) electrons. The van der Waals surface area contributed by atoms with Gasteiger partial charge in [0.2, 0.25) is 5.91 Å². The summed E-state index contributed by atoms with van der Waals surface area (Å²) in [5, 5.41) is 4.04. The molecule has 2 aliphatic carbocycles. The first-order valence-corrected chi connectivity index (χ1v) is 16.5. The van der Waals surface area contributed by atoms with Gasteiger partial charge >= 0.3 is 0 Å². The number of ether oxygens (including phenoxy) is 1. The second kappa shape index (κ2) is 11.4. The minimum absolute atomic E-state index is 0.0431. The number of carbonyl (C=O) groups excluding carboxylic acids is 1. The molecule has 1 saturated carbocycles. The first-order valence-electron chi connectivity index (χ1n) is 16.5. The smallest absolute Gasteiger partial charge is 0.239 e. The normalized spacial score (nSPS) is 29.9. The fourth-order valence-corrected chi connectivity index (χ4v) is 9.22. The van der Waals surface area contributed by atoms with Gasteiger partial charge in [-0.2, -0.15) is 0 Å². The quantitative estimate of drug-likeness (QED) is 0.463. The van der Waals surface area contributed by atoms with Crippen LogP contribution in [-0.4, -0.2) is 65.1 Å². The monoisotopic (exact) mass is 556 g/mol. The summed E-state index contributed by atoms with van der Waals surface area (Å²) in [5.41, 5.74) is 5.86. The summed E-state index contributed by atoms with van der Waals surface area (Å²) in [6.07, 6.45) is 15.8. The third-order valence-electron chi connectivity index (χ3n) is 11.3. The van der Waals surface area contributed by atoms with Crippen LogP contribution in [0.2, 0.25) is 0 Å². The van der Waals surface area contributed by atoms with E-state index in [4.69, 9.17) is 9.72 Å². The highest BCUT2D eigenvalue weighted by atomic mass is 16.5. The molecule has 4 atom stereocenters. The number of nitrogens with one attached hydrogen (secondary N) is 1. The molecule has 41 heavy (non-hydrogen) atoms. The van der Waals surface area contributed by atoms with Crippen LogP contribution < -0.4 is 5.32 Å². The number of nitrogens with zero attached hydrogens (tertiary/aromatic N) is 3. The van der Waals surface area contributed by atoms with Gasteiger partial charge in [-0.1, -0.05) is 37.1 Å². The average Bonchev–Trinajstić information content (AvgIpc) is 3.71. The Morgan fingerprint density at radius 3 is 2.71 bits per heavy atom. The first-order chi connectivity index (χ1) is 20.1. The highest BCUT2D eigenvalue weighted by molar-refractivity contribution is 5.81. The molecule has 1 N–H and O–H groups in total. The number of hydrogen-bond donors (Lipinski definition) is 1. The van der Waals surface area contributed by atoms with Gasteiger partial charge in [-0.25, -0.2) is 0 Å². The molecule has 4 heterocycles. The Morgan fingerprint density at radius 1 is 1.05 bits per heavy atom. The van der Waals surface area contributed by atoms with E-state index in [-0.39, 0.29) is 17.1 Å². The van der Waals surface area contributed by atoms with E-state index in [1.807, 2.05) is 12.3 Å². The van der Waals surface area contributed by atoms with Crippen LogP contribution >= 0.6 is 0 Å². The molecule has 6 nitrogen and oxygen atoms in total. The van der Waals surface area contributed by atoms with Crippen molar-refractivity contribution < 1.29 is 9.53 Å². The van der Waals surface area contributed by atoms with Crippen molar-refractivity contribution >= 4 is 5.91 Å². The highest BCUT2D eigenvalue weighted by Crippen LogP contribution is 2.50. The van der Waals surface area contributed by atoms with Crippen molar-refractivity contribution in [1.82, 2.24) is 20.1 Å². The largest absolute Gasteiger partial charge is 0.375 e. The van der Waals surface area contributed by atoms with Crippen molar-refractivity contribution in [2.45, 2.75) is 113 Å². The fraction of sp³-hybridized carbons (Fsp3) is 0.657. The van der Waals surface area contributed by atoms with Crippen molar-refractivity contribution in [2.75, 3.05) is 32.8 Å². The van der Waals surface area contributed by atoms with Crippen LogP contribution in [0, 0.1) is 0 Å². The second-order valence-electron chi connectivity index (χ2n) is 13.6. The molecule has 1 aromatic carbocycles. The average molecular weight is 557 g/mol. The van der Waals surface area contributed by atoms with Crippen LogP contribution in [0.5, 0.6) is 0 Å². The summed E-state index contributed by atoms with van der Waals surface area (Å²) in [7, 11) is 0. The van der Waals surface area contributed by atoms with Gasteiger partial charge in [-0.05, 0) is 106 Å². The number of benzene rings is 1. The minimum Gasteiger partial charge on any atom is -0.375 e. The van der Waals surface area contributed by atoms with Gasteiger partial charge in [0.05, 0.1) is 11.6 Å². The molecule has 5 aliphatic rings. The molecule has 3 aliphatic heterocycles. The van der Waals surface area contributed by atoms with Crippen molar-refractivity contribution in [1.29, 1.82) is 0 Å². The number of pyridine rings is 1. The molecule has 220 valence electrons. The zero-order chi connectivity index (χ0) is 27.9. The number of aromatic nitrogens is 1. The predicted molar refractivity (Wildman–Crippen MR) is 162 cm³/mol. The SMILES string of the molecule is CC(C(=O)N1CCCC1)N1CCc2cccc3c2C1CCC3NCC[C@@]1(c2ccccn2)CCOC2(CCCC2)C1. The van der Waals surface area contributed by atoms with E-state index in [2.05, 4.69) is 52.4 Å². The zero-order valence-corrected chi connectivity index (χ0v) is 25.0. The number of likely N-dealkylation sites (tertiary alicyclic amines) is 1. The lowest BCUT2D eigenvalue weighted by atomic mass is 9.68. The van der Waals surface area contributed by atoms with E-state index < -0.39 is 0 Å². The maximum absolute atomic E-state index is 13.4. The summed E-state index contributed by atoms with van der Waals surface area (Å²) >= 11 is 0. The van der Waals surface area contributed by atoms with Crippen molar-refractivity contribution in [3.05, 3.63) is 65.0 Å².